The number of hydrogen-bond acceptors (Lipinski definition) is 4. The molecule has 0 fully saturated rings. The Labute approximate surface area is 101 Å². The lowest BCUT2D eigenvalue weighted by Crippen LogP contribution is -2.32. The molecule has 0 radical (unpaired) electrons. The standard InChI is InChI=1S/C11H9N3O2S/c1-2-4-12-9(15)6-14-7-13-8-3-5-17-10(8)11(14)16/h1,3,5,7H,4,6H2,(H,12,15). The summed E-state index contributed by atoms with van der Waals surface area (Å²) in [6.07, 6.45) is 6.38. The zero-order valence-electron chi connectivity index (χ0n) is 8.84. The van der Waals surface area contributed by atoms with Crippen LogP contribution in [-0.2, 0) is 11.3 Å². The van der Waals surface area contributed by atoms with Gasteiger partial charge < -0.3 is 5.32 Å². The van der Waals surface area contributed by atoms with Crippen LogP contribution in [0.25, 0.3) is 10.2 Å². The van der Waals surface area contributed by atoms with Crippen LogP contribution in [0.1, 0.15) is 0 Å². The second-order valence-electron chi connectivity index (χ2n) is 3.29. The molecule has 2 aromatic heterocycles. The molecule has 0 aliphatic heterocycles. The van der Waals surface area contributed by atoms with Crippen molar-refractivity contribution in [2.45, 2.75) is 6.54 Å². The molecule has 0 bridgehead atoms. The minimum absolute atomic E-state index is 0.0681. The SMILES string of the molecule is C#CCNC(=O)Cn1cnc2ccsc2c1=O. The molecule has 2 aromatic rings. The van der Waals surface area contributed by atoms with Gasteiger partial charge in [0, 0.05) is 0 Å². The van der Waals surface area contributed by atoms with Gasteiger partial charge in [-0.3, -0.25) is 14.2 Å². The summed E-state index contributed by atoms with van der Waals surface area (Å²) < 4.78 is 1.82. The van der Waals surface area contributed by atoms with Gasteiger partial charge in [-0.2, -0.15) is 0 Å². The molecule has 0 atom stereocenters. The zero-order chi connectivity index (χ0) is 12.3. The molecule has 0 spiro atoms. The summed E-state index contributed by atoms with van der Waals surface area (Å²) >= 11 is 1.31. The van der Waals surface area contributed by atoms with Gasteiger partial charge in [-0.1, -0.05) is 5.92 Å². The van der Waals surface area contributed by atoms with Crippen LogP contribution < -0.4 is 10.9 Å². The number of amides is 1. The Morgan fingerprint density at radius 3 is 3.24 bits per heavy atom. The van der Waals surface area contributed by atoms with E-state index < -0.39 is 0 Å². The number of rotatable bonds is 3. The predicted molar refractivity (Wildman–Crippen MR) is 65.7 cm³/mol. The van der Waals surface area contributed by atoms with Gasteiger partial charge in [-0.25, -0.2) is 4.98 Å². The van der Waals surface area contributed by atoms with Crippen molar-refractivity contribution in [2.24, 2.45) is 0 Å². The van der Waals surface area contributed by atoms with Crippen LogP contribution in [0.4, 0.5) is 0 Å². The van der Waals surface area contributed by atoms with Gasteiger partial charge in [-0.05, 0) is 11.4 Å². The number of hydrogen-bond donors (Lipinski definition) is 1. The molecule has 5 nitrogen and oxygen atoms in total. The van der Waals surface area contributed by atoms with E-state index in [0.29, 0.717) is 10.2 Å². The quantitative estimate of drug-likeness (QED) is 0.788. The van der Waals surface area contributed by atoms with Crippen LogP contribution in [0.5, 0.6) is 0 Å². The second kappa shape index (κ2) is 4.80. The molecule has 6 heteroatoms. The molecular formula is C11H9N3O2S. The number of fused-ring (bicyclic) bond motifs is 1. The minimum Gasteiger partial charge on any atom is -0.344 e. The fourth-order valence-corrected chi connectivity index (χ4v) is 2.14. The minimum atomic E-state index is -0.303. The van der Waals surface area contributed by atoms with Crippen LogP contribution in [-0.4, -0.2) is 22.0 Å². The highest BCUT2D eigenvalue weighted by molar-refractivity contribution is 7.17. The Morgan fingerprint density at radius 1 is 1.65 bits per heavy atom. The molecule has 0 saturated heterocycles. The van der Waals surface area contributed by atoms with E-state index in [4.69, 9.17) is 6.42 Å². The third kappa shape index (κ3) is 2.34. The molecule has 2 heterocycles. The van der Waals surface area contributed by atoms with Gasteiger partial charge >= 0.3 is 0 Å². The molecule has 0 aliphatic carbocycles. The Morgan fingerprint density at radius 2 is 2.47 bits per heavy atom. The van der Waals surface area contributed by atoms with E-state index in [1.54, 1.807) is 11.4 Å². The molecule has 2 rings (SSSR count). The van der Waals surface area contributed by atoms with Crippen molar-refractivity contribution in [2.75, 3.05) is 6.54 Å². The van der Waals surface area contributed by atoms with E-state index >= 15 is 0 Å². The van der Waals surface area contributed by atoms with Crippen molar-refractivity contribution < 1.29 is 4.79 Å². The van der Waals surface area contributed by atoms with Crippen molar-refractivity contribution in [3.05, 3.63) is 28.1 Å². The van der Waals surface area contributed by atoms with E-state index in [-0.39, 0.29) is 24.6 Å². The molecule has 0 unspecified atom stereocenters. The molecule has 0 aromatic carbocycles. The molecule has 0 saturated carbocycles. The van der Waals surface area contributed by atoms with Crippen molar-refractivity contribution in [3.63, 3.8) is 0 Å². The van der Waals surface area contributed by atoms with Gasteiger partial charge in [0.2, 0.25) is 5.91 Å². The first-order valence-electron chi connectivity index (χ1n) is 4.85. The topological polar surface area (TPSA) is 64.0 Å². The number of thiophene rings is 1. The van der Waals surface area contributed by atoms with Crippen molar-refractivity contribution in [1.82, 2.24) is 14.9 Å². The summed E-state index contributed by atoms with van der Waals surface area (Å²) in [6, 6.07) is 1.77. The van der Waals surface area contributed by atoms with Crippen molar-refractivity contribution in [3.8, 4) is 12.3 Å². The molecule has 86 valence electrons. The molecule has 1 N–H and O–H groups in total. The van der Waals surface area contributed by atoms with Crippen LogP contribution in [0.2, 0.25) is 0 Å². The normalized spacial score (nSPS) is 10.1. The van der Waals surface area contributed by atoms with E-state index in [1.165, 1.54) is 22.2 Å². The fourth-order valence-electron chi connectivity index (χ4n) is 1.35. The van der Waals surface area contributed by atoms with Crippen LogP contribution in [0, 0.1) is 12.3 Å². The largest absolute Gasteiger partial charge is 0.344 e. The monoisotopic (exact) mass is 247 g/mol. The Kier molecular flexibility index (Phi) is 3.21. The first kappa shape index (κ1) is 11.4. The predicted octanol–water partition coefficient (Wildman–Crippen LogP) is 0.207. The van der Waals surface area contributed by atoms with Crippen molar-refractivity contribution >= 4 is 27.5 Å². The first-order valence-corrected chi connectivity index (χ1v) is 5.73. The highest BCUT2D eigenvalue weighted by atomic mass is 32.1. The molecule has 17 heavy (non-hydrogen) atoms. The van der Waals surface area contributed by atoms with Gasteiger partial charge in [0.05, 0.1) is 18.4 Å². The van der Waals surface area contributed by atoms with Gasteiger partial charge in [0.25, 0.3) is 5.56 Å². The lowest BCUT2D eigenvalue weighted by atomic mass is 10.4. The Bertz CT molecular complexity index is 651. The molecule has 0 aliphatic rings. The van der Waals surface area contributed by atoms with Crippen LogP contribution in [0.3, 0.4) is 0 Å². The summed E-state index contributed by atoms with van der Waals surface area (Å²) in [5, 5.41) is 4.28. The summed E-state index contributed by atoms with van der Waals surface area (Å²) in [6.45, 7) is 0.0869. The highest BCUT2D eigenvalue weighted by Gasteiger charge is 2.08. The Hall–Kier alpha value is -2.13. The van der Waals surface area contributed by atoms with Crippen LogP contribution >= 0.6 is 11.3 Å². The summed E-state index contributed by atoms with van der Waals surface area (Å²) in [5.41, 5.74) is 0.446. The van der Waals surface area contributed by atoms with Gasteiger partial charge in [-0.15, -0.1) is 17.8 Å². The number of aromatic nitrogens is 2. The third-order valence-corrected chi connectivity index (χ3v) is 3.03. The maximum atomic E-state index is 11.9. The average Bonchev–Trinajstić information content (AvgIpc) is 2.79. The average molecular weight is 247 g/mol. The summed E-state index contributed by atoms with van der Waals surface area (Å²) in [7, 11) is 0. The van der Waals surface area contributed by atoms with E-state index in [1.807, 2.05) is 0 Å². The van der Waals surface area contributed by atoms with E-state index in [9.17, 15) is 9.59 Å². The summed E-state index contributed by atoms with van der Waals surface area (Å²) in [5.74, 6) is 1.99. The zero-order valence-corrected chi connectivity index (χ0v) is 9.66. The first-order chi connectivity index (χ1) is 8.22. The number of carbonyl (C=O) groups excluding carboxylic acids is 1. The highest BCUT2D eigenvalue weighted by Crippen LogP contribution is 2.12. The second-order valence-corrected chi connectivity index (χ2v) is 4.21. The van der Waals surface area contributed by atoms with E-state index in [0.717, 1.165) is 0 Å². The summed E-state index contributed by atoms with van der Waals surface area (Å²) in [4.78, 5) is 27.4. The lowest BCUT2D eigenvalue weighted by Gasteiger charge is -2.04. The number of carbonyl (C=O) groups is 1. The smallest absolute Gasteiger partial charge is 0.271 e. The van der Waals surface area contributed by atoms with Gasteiger partial charge in [0.15, 0.2) is 0 Å². The third-order valence-electron chi connectivity index (χ3n) is 2.14. The molecule has 1 amide bonds. The van der Waals surface area contributed by atoms with Crippen molar-refractivity contribution in [1.29, 1.82) is 0 Å². The van der Waals surface area contributed by atoms with Gasteiger partial charge in [0.1, 0.15) is 11.2 Å². The maximum Gasteiger partial charge on any atom is 0.271 e. The fraction of sp³-hybridized carbons (Fsp3) is 0.182. The maximum absolute atomic E-state index is 11.9. The molecular weight excluding hydrogens is 238 g/mol. The van der Waals surface area contributed by atoms with E-state index in [2.05, 4.69) is 16.2 Å². The number of nitrogens with zero attached hydrogens (tertiary/aromatic N) is 2. The number of nitrogens with one attached hydrogen (secondary N) is 1. The Balaban J connectivity index is 2.25. The number of terminal acetylenes is 1. The lowest BCUT2D eigenvalue weighted by molar-refractivity contribution is -0.121. The van der Waals surface area contributed by atoms with Crippen LogP contribution in [0.15, 0.2) is 22.6 Å².